The van der Waals surface area contributed by atoms with E-state index in [0.29, 0.717) is 41.5 Å². The lowest BCUT2D eigenvalue weighted by Crippen LogP contribution is -2.50. The van der Waals surface area contributed by atoms with Gasteiger partial charge in [-0.1, -0.05) is 29.8 Å². The number of fused-ring (bicyclic) bond motifs is 1. The number of hydrogen-bond acceptors (Lipinski definition) is 8. The average Bonchev–Trinajstić information content (AvgIpc) is 3.20. The van der Waals surface area contributed by atoms with E-state index in [1.54, 1.807) is 17.3 Å². The monoisotopic (exact) mass is 486 g/mol. The Hall–Kier alpha value is -3.72. The van der Waals surface area contributed by atoms with Gasteiger partial charge in [0.15, 0.2) is 17.1 Å². The van der Waals surface area contributed by atoms with Crippen molar-refractivity contribution in [3.05, 3.63) is 76.2 Å². The Balaban J connectivity index is 1.31. The molecule has 3 aromatic heterocycles. The molecule has 1 aliphatic heterocycles. The van der Waals surface area contributed by atoms with Crippen LogP contribution in [-0.4, -0.2) is 49.6 Å². The number of pyridine rings is 1. The molecule has 1 aromatic carbocycles. The third-order valence-electron chi connectivity index (χ3n) is 6.15. The predicted molar refractivity (Wildman–Crippen MR) is 136 cm³/mol. The molecule has 0 aliphatic carbocycles. The van der Waals surface area contributed by atoms with Crippen LogP contribution in [-0.2, 0) is 0 Å². The van der Waals surface area contributed by atoms with Crippen molar-refractivity contribution in [2.45, 2.75) is 33.2 Å². The van der Waals surface area contributed by atoms with Crippen molar-refractivity contribution in [2.24, 2.45) is 5.92 Å². The molecule has 1 N–H and O–H groups in total. The summed E-state index contributed by atoms with van der Waals surface area (Å²) < 4.78 is 0.686. The molecule has 0 bridgehead atoms. The highest BCUT2D eigenvalue weighted by Gasteiger charge is 2.35. The van der Waals surface area contributed by atoms with E-state index < -0.39 is 0 Å². The van der Waals surface area contributed by atoms with Gasteiger partial charge in [-0.2, -0.15) is 4.98 Å². The summed E-state index contributed by atoms with van der Waals surface area (Å²) in [5, 5.41) is 4.10. The summed E-state index contributed by atoms with van der Waals surface area (Å²) >= 11 is 1.42. The summed E-state index contributed by atoms with van der Waals surface area (Å²) in [7, 11) is 0. The Bertz CT molecular complexity index is 1400. The third-order valence-corrected chi connectivity index (χ3v) is 7.12. The smallest absolute Gasteiger partial charge is 0.274 e. The van der Waals surface area contributed by atoms with Gasteiger partial charge in [-0.15, -0.1) is 11.3 Å². The van der Waals surface area contributed by atoms with E-state index >= 15 is 0 Å². The average molecular weight is 487 g/mol. The molecule has 8 nitrogen and oxygen atoms in total. The van der Waals surface area contributed by atoms with E-state index in [-0.39, 0.29) is 23.7 Å². The minimum atomic E-state index is -0.155. The molecule has 1 atom stereocenters. The molecular formula is C26H26N6O2S. The van der Waals surface area contributed by atoms with Crippen LogP contribution in [0.2, 0.25) is 0 Å². The molecule has 1 aliphatic rings. The fraction of sp³-hybridized carbons (Fsp3) is 0.308. The van der Waals surface area contributed by atoms with Gasteiger partial charge in [0, 0.05) is 43.4 Å². The number of aryl methyl sites for hydroxylation is 2. The van der Waals surface area contributed by atoms with Crippen molar-refractivity contribution in [2.75, 3.05) is 18.4 Å². The number of Topliss-reactive ketones (excluding diaryl/α,β-unsaturated/α-hetero) is 1. The van der Waals surface area contributed by atoms with Gasteiger partial charge in [-0.3, -0.25) is 14.6 Å². The van der Waals surface area contributed by atoms with E-state index in [4.69, 9.17) is 0 Å². The number of ketones is 1. The highest BCUT2D eigenvalue weighted by atomic mass is 32.1. The number of hydrogen-bond donors (Lipinski definition) is 1. The lowest BCUT2D eigenvalue weighted by atomic mass is 9.91. The molecule has 178 valence electrons. The molecule has 4 aromatic rings. The SMILES string of the molecule is Cc1cccc(C(=O)CC2CN(C(=O)c3nc(NC(C)c4cccnc4)nc4nc(C)sc34)C2)c1. The van der Waals surface area contributed by atoms with E-state index in [1.165, 1.54) is 11.3 Å². The van der Waals surface area contributed by atoms with Crippen molar-refractivity contribution in [3.63, 3.8) is 0 Å². The Morgan fingerprint density at radius 3 is 2.71 bits per heavy atom. The highest BCUT2D eigenvalue weighted by Crippen LogP contribution is 2.29. The summed E-state index contributed by atoms with van der Waals surface area (Å²) in [6.07, 6.45) is 3.94. The van der Waals surface area contributed by atoms with Crippen LogP contribution in [0.1, 0.15) is 56.4 Å². The number of likely N-dealkylation sites (tertiary alicyclic amines) is 1. The Kier molecular flexibility index (Phi) is 6.25. The third kappa shape index (κ3) is 4.90. The first-order valence-corrected chi connectivity index (χ1v) is 12.4. The number of anilines is 1. The number of aromatic nitrogens is 4. The molecule has 0 radical (unpaired) electrons. The molecular weight excluding hydrogens is 460 g/mol. The number of carbonyl (C=O) groups excluding carboxylic acids is 2. The zero-order valence-electron chi connectivity index (χ0n) is 19.9. The largest absolute Gasteiger partial charge is 0.348 e. The standard InChI is InChI=1S/C26H26N6O2S/c1-15-6-4-7-19(10-15)21(33)11-18-13-32(14-18)25(34)22-23-24(29-17(3)35-23)31-26(30-22)28-16(2)20-8-5-9-27-12-20/h4-10,12,16,18H,11,13-14H2,1-3H3,(H,28,30,31). The summed E-state index contributed by atoms with van der Waals surface area (Å²) in [4.78, 5) is 45.6. The Labute approximate surface area is 207 Å². The maximum absolute atomic E-state index is 13.4. The van der Waals surface area contributed by atoms with Crippen molar-refractivity contribution in [3.8, 4) is 0 Å². The second-order valence-electron chi connectivity index (χ2n) is 9.01. The van der Waals surface area contributed by atoms with Gasteiger partial charge in [-0.25, -0.2) is 9.97 Å². The molecule has 1 unspecified atom stereocenters. The molecule has 35 heavy (non-hydrogen) atoms. The molecule has 1 saturated heterocycles. The van der Waals surface area contributed by atoms with Gasteiger partial charge in [0.1, 0.15) is 4.70 Å². The fourth-order valence-corrected chi connectivity index (χ4v) is 5.10. The topological polar surface area (TPSA) is 101 Å². The van der Waals surface area contributed by atoms with Crippen molar-refractivity contribution >= 4 is 39.3 Å². The van der Waals surface area contributed by atoms with Crippen molar-refractivity contribution in [1.82, 2.24) is 24.8 Å². The van der Waals surface area contributed by atoms with E-state index in [0.717, 1.165) is 21.7 Å². The zero-order valence-corrected chi connectivity index (χ0v) is 20.7. The van der Waals surface area contributed by atoms with E-state index in [1.807, 2.05) is 57.2 Å². The minimum absolute atomic E-state index is 0.0927. The summed E-state index contributed by atoms with van der Waals surface area (Å²) in [6.45, 7) is 6.93. The van der Waals surface area contributed by atoms with Crippen LogP contribution >= 0.6 is 11.3 Å². The molecule has 4 heterocycles. The number of nitrogens with zero attached hydrogens (tertiary/aromatic N) is 5. The number of benzene rings is 1. The zero-order chi connectivity index (χ0) is 24.5. The molecule has 0 spiro atoms. The van der Waals surface area contributed by atoms with Crippen LogP contribution < -0.4 is 5.32 Å². The van der Waals surface area contributed by atoms with Gasteiger partial charge in [0.05, 0.1) is 11.0 Å². The maximum Gasteiger partial charge on any atom is 0.274 e. The van der Waals surface area contributed by atoms with Crippen LogP contribution in [0.15, 0.2) is 48.8 Å². The fourth-order valence-electron chi connectivity index (χ4n) is 4.26. The second-order valence-corrected chi connectivity index (χ2v) is 10.2. The Morgan fingerprint density at radius 2 is 1.97 bits per heavy atom. The lowest BCUT2D eigenvalue weighted by Gasteiger charge is -2.38. The molecule has 1 fully saturated rings. The molecule has 9 heteroatoms. The van der Waals surface area contributed by atoms with Crippen LogP contribution in [0, 0.1) is 19.8 Å². The summed E-state index contributed by atoms with van der Waals surface area (Å²) in [5.74, 6) is 0.464. The van der Waals surface area contributed by atoms with Crippen molar-refractivity contribution in [1.29, 1.82) is 0 Å². The van der Waals surface area contributed by atoms with Crippen molar-refractivity contribution < 1.29 is 9.59 Å². The normalized spacial score (nSPS) is 14.5. The number of thiazole rings is 1. The minimum Gasteiger partial charge on any atom is -0.348 e. The highest BCUT2D eigenvalue weighted by molar-refractivity contribution is 7.18. The maximum atomic E-state index is 13.4. The first-order valence-electron chi connectivity index (χ1n) is 11.6. The number of carbonyl (C=O) groups is 2. The van der Waals surface area contributed by atoms with Gasteiger partial charge < -0.3 is 10.2 Å². The van der Waals surface area contributed by atoms with Crippen LogP contribution in [0.25, 0.3) is 10.3 Å². The first kappa shape index (κ1) is 23.0. The van der Waals surface area contributed by atoms with Gasteiger partial charge >= 0.3 is 0 Å². The lowest BCUT2D eigenvalue weighted by molar-refractivity contribution is 0.0466. The van der Waals surface area contributed by atoms with Gasteiger partial charge in [-0.05, 0) is 38.5 Å². The number of rotatable bonds is 7. The van der Waals surface area contributed by atoms with Crippen LogP contribution in [0.5, 0.6) is 0 Å². The second kappa shape index (κ2) is 9.50. The molecule has 1 amide bonds. The predicted octanol–water partition coefficient (Wildman–Crippen LogP) is 4.62. The molecule has 0 saturated carbocycles. The Morgan fingerprint density at radius 1 is 1.14 bits per heavy atom. The van der Waals surface area contributed by atoms with Crippen LogP contribution in [0.4, 0.5) is 5.95 Å². The van der Waals surface area contributed by atoms with E-state index in [9.17, 15) is 9.59 Å². The quantitative estimate of drug-likeness (QED) is 0.381. The first-order chi connectivity index (χ1) is 16.9. The number of amides is 1. The summed E-state index contributed by atoms with van der Waals surface area (Å²) in [6, 6.07) is 11.4. The van der Waals surface area contributed by atoms with E-state index in [2.05, 4.69) is 25.3 Å². The molecule has 5 rings (SSSR count). The van der Waals surface area contributed by atoms with Gasteiger partial charge in [0.25, 0.3) is 5.91 Å². The van der Waals surface area contributed by atoms with Crippen LogP contribution in [0.3, 0.4) is 0 Å². The van der Waals surface area contributed by atoms with Gasteiger partial charge in [0.2, 0.25) is 5.95 Å². The summed E-state index contributed by atoms with van der Waals surface area (Å²) in [5.41, 5.74) is 3.65. The number of nitrogens with one attached hydrogen (secondary N) is 1.